The van der Waals surface area contributed by atoms with Gasteiger partial charge in [0.15, 0.2) is 0 Å². The molecule has 0 aliphatic carbocycles. The third-order valence-electron chi connectivity index (χ3n) is 3.50. The fourth-order valence-electron chi connectivity index (χ4n) is 2.13. The van der Waals surface area contributed by atoms with Crippen molar-refractivity contribution in [3.63, 3.8) is 0 Å². The van der Waals surface area contributed by atoms with Gasteiger partial charge in [-0.3, -0.25) is 14.6 Å². The average Bonchev–Trinajstić information content (AvgIpc) is 2.66. The molecule has 1 atom stereocenters. The van der Waals surface area contributed by atoms with E-state index in [0.29, 0.717) is 36.8 Å². The van der Waals surface area contributed by atoms with Crippen LogP contribution in [0, 0.1) is 0 Å². The standard InChI is InChI=1S/C19H23N3O4/c1-3-25-11-12-26-14(2)18(23)21-16-5-4-6-17(13-16)22-19(24)15-7-9-20-10-8-15/h4-10,13-14H,3,11-12H2,1-2H3,(H,21,23)(H,22,24). The van der Waals surface area contributed by atoms with E-state index in [9.17, 15) is 9.59 Å². The van der Waals surface area contributed by atoms with Gasteiger partial charge < -0.3 is 20.1 Å². The molecule has 0 bridgehead atoms. The first-order valence-electron chi connectivity index (χ1n) is 8.41. The number of hydrogen-bond acceptors (Lipinski definition) is 5. The van der Waals surface area contributed by atoms with Crippen LogP contribution >= 0.6 is 0 Å². The minimum absolute atomic E-state index is 0.247. The number of nitrogens with zero attached hydrogens (tertiary/aromatic N) is 1. The number of hydrogen-bond donors (Lipinski definition) is 2. The van der Waals surface area contributed by atoms with Crippen molar-refractivity contribution in [2.75, 3.05) is 30.5 Å². The predicted octanol–water partition coefficient (Wildman–Crippen LogP) is 2.71. The Kier molecular flexibility index (Phi) is 7.73. The molecule has 2 aromatic rings. The van der Waals surface area contributed by atoms with Crippen molar-refractivity contribution in [3.8, 4) is 0 Å². The number of ether oxygens (including phenoxy) is 2. The Balaban J connectivity index is 1.90. The topological polar surface area (TPSA) is 89.5 Å². The Labute approximate surface area is 152 Å². The fraction of sp³-hybridized carbons (Fsp3) is 0.316. The van der Waals surface area contributed by atoms with Crippen LogP contribution in [0.1, 0.15) is 24.2 Å². The zero-order valence-corrected chi connectivity index (χ0v) is 14.9. The van der Waals surface area contributed by atoms with Gasteiger partial charge in [0.1, 0.15) is 6.10 Å². The van der Waals surface area contributed by atoms with Crippen LogP contribution in [-0.4, -0.2) is 42.7 Å². The SMILES string of the molecule is CCOCCOC(C)C(=O)Nc1cccc(NC(=O)c2ccncc2)c1. The maximum Gasteiger partial charge on any atom is 0.255 e. The third-order valence-corrected chi connectivity index (χ3v) is 3.50. The van der Waals surface area contributed by atoms with Gasteiger partial charge in [-0.15, -0.1) is 0 Å². The molecule has 0 fully saturated rings. The summed E-state index contributed by atoms with van der Waals surface area (Å²) in [6, 6.07) is 10.2. The quantitative estimate of drug-likeness (QED) is 0.674. The molecule has 2 N–H and O–H groups in total. The van der Waals surface area contributed by atoms with Crippen LogP contribution in [0.15, 0.2) is 48.8 Å². The summed E-state index contributed by atoms with van der Waals surface area (Å²) in [5, 5.41) is 5.55. The maximum atomic E-state index is 12.2. The Bertz CT molecular complexity index is 722. The van der Waals surface area contributed by atoms with Crippen LogP contribution in [0.25, 0.3) is 0 Å². The van der Waals surface area contributed by atoms with E-state index in [4.69, 9.17) is 9.47 Å². The fourth-order valence-corrected chi connectivity index (χ4v) is 2.13. The summed E-state index contributed by atoms with van der Waals surface area (Å²) in [6.07, 6.45) is 2.50. The molecule has 0 spiro atoms. The van der Waals surface area contributed by atoms with E-state index < -0.39 is 6.10 Å². The van der Waals surface area contributed by atoms with Crippen molar-refractivity contribution in [1.82, 2.24) is 4.98 Å². The first kappa shape index (κ1) is 19.6. The number of carbonyl (C=O) groups is 2. The number of carbonyl (C=O) groups excluding carboxylic acids is 2. The third kappa shape index (κ3) is 6.27. The van der Waals surface area contributed by atoms with Gasteiger partial charge in [0.05, 0.1) is 13.2 Å². The minimum atomic E-state index is -0.606. The number of pyridine rings is 1. The molecule has 1 aromatic carbocycles. The molecular weight excluding hydrogens is 334 g/mol. The molecule has 1 heterocycles. The second kappa shape index (κ2) is 10.3. The molecule has 0 saturated carbocycles. The number of aromatic nitrogens is 1. The lowest BCUT2D eigenvalue weighted by molar-refractivity contribution is -0.127. The Morgan fingerprint density at radius 3 is 2.46 bits per heavy atom. The predicted molar refractivity (Wildman–Crippen MR) is 99.2 cm³/mol. The zero-order valence-electron chi connectivity index (χ0n) is 14.9. The number of anilines is 2. The average molecular weight is 357 g/mol. The van der Waals surface area contributed by atoms with Crippen molar-refractivity contribution in [3.05, 3.63) is 54.4 Å². The van der Waals surface area contributed by atoms with Crippen molar-refractivity contribution < 1.29 is 19.1 Å². The highest BCUT2D eigenvalue weighted by Crippen LogP contribution is 2.16. The number of amides is 2. The van der Waals surface area contributed by atoms with Crippen molar-refractivity contribution in [2.45, 2.75) is 20.0 Å². The van der Waals surface area contributed by atoms with Gasteiger partial charge in [-0.25, -0.2) is 0 Å². The summed E-state index contributed by atoms with van der Waals surface area (Å²) in [5.74, 6) is -0.511. The van der Waals surface area contributed by atoms with Gasteiger partial charge in [-0.05, 0) is 44.2 Å². The van der Waals surface area contributed by atoms with Crippen LogP contribution in [0.4, 0.5) is 11.4 Å². The van der Waals surface area contributed by atoms with E-state index in [-0.39, 0.29) is 11.8 Å². The smallest absolute Gasteiger partial charge is 0.255 e. The van der Waals surface area contributed by atoms with E-state index in [0.717, 1.165) is 0 Å². The summed E-state index contributed by atoms with van der Waals surface area (Å²) in [4.78, 5) is 28.2. The van der Waals surface area contributed by atoms with Crippen molar-refractivity contribution in [1.29, 1.82) is 0 Å². The number of nitrogens with one attached hydrogen (secondary N) is 2. The summed E-state index contributed by atoms with van der Waals surface area (Å²) in [7, 11) is 0. The lowest BCUT2D eigenvalue weighted by atomic mass is 10.2. The normalized spacial score (nSPS) is 11.6. The molecule has 7 heteroatoms. The molecule has 2 rings (SSSR count). The summed E-state index contributed by atoms with van der Waals surface area (Å²) in [5.41, 5.74) is 1.66. The molecule has 7 nitrogen and oxygen atoms in total. The van der Waals surface area contributed by atoms with Crippen molar-refractivity contribution >= 4 is 23.2 Å². The van der Waals surface area contributed by atoms with Gasteiger partial charge in [-0.1, -0.05) is 6.07 Å². The molecule has 1 aromatic heterocycles. The van der Waals surface area contributed by atoms with Crippen LogP contribution in [0.2, 0.25) is 0 Å². The Hall–Kier alpha value is -2.77. The van der Waals surface area contributed by atoms with Crippen molar-refractivity contribution in [2.24, 2.45) is 0 Å². The minimum Gasteiger partial charge on any atom is -0.379 e. The zero-order chi connectivity index (χ0) is 18.8. The highest BCUT2D eigenvalue weighted by Gasteiger charge is 2.14. The molecule has 2 amide bonds. The van der Waals surface area contributed by atoms with Gasteiger partial charge in [0.25, 0.3) is 11.8 Å². The molecule has 0 radical (unpaired) electrons. The number of rotatable bonds is 9. The Morgan fingerprint density at radius 1 is 1.08 bits per heavy atom. The van der Waals surface area contributed by atoms with E-state index >= 15 is 0 Å². The molecule has 26 heavy (non-hydrogen) atoms. The van der Waals surface area contributed by atoms with Gasteiger partial charge in [0, 0.05) is 35.9 Å². The summed E-state index contributed by atoms with van der Waals surface area (Å²) < 4.78 is 10.6. The van der Waals surface area contributed by atoms with E-state index in [1.54, 1.807) is 55.7 Å². The molecule has 0 saturated heterocycles. The summed E-state index contributed by atoms with van der Waals surface area (Å²) >= 11 is 0. The molecular formula is C19H23N3O4. The second-order valence-electron chi connectivity index (χ2n) is 5.47. The van der Waals surface area contributed by atoms with Crippen LogP contribution in [0.5, 0.6) is 0 Å². The lowest BCUT2D eigenvalue weighted by Gasteiger charge is -2.14. The largest absolute Gasteiger partial charge is 0.379 e. The number of benzene rings is 1. The lowest BCUT2D eigenvalue weighted by Crippen LogP contribution is -2.28. The molecule has 0 aliphatic heterocycles. The highest BCUT2D eigenvalue weighted by molar-refractivity contribution is 6.04. The molecule has 1 unspecified atom stereocenters. The molecule has 138 valence electrons. The van der Waals surface area contributed by atoms with E-state index in [1.807, 2.05) is 6.92 Å². The van der Waals surface area contributed by atoms with Crippen LogP contribution in [-0.2, 0) is 14.3 Å². The first-order chi connectivity index (χ1) is 12.6. The maximum absolute atomic E-state index is 12.2. The van der Waals surface area contributed by atoms with Crippen LogP contribution in [0.3, 0.4) is 0 Å². The highest BCUT2D eigenvalue weighted by atomic mass is 16.5. The van der Waals surface area contributed by atoms with Gasteiger partial charge in [-0.2, -0.15) is 0 Å². The monoisotopic (exact) mass is 357 g/mol. The van der Waals surface area contributed by atoms with Crippen LogP contribution < -0.4 is 10.6 Å². The summed E-state index contributed by atoms with van der Waals surface area (Å²) in [6.45, 7) is 4.99. The van der Waals surface area contributed by atoms with E-state index in [1.165, 1.54) is 0 Å². The molecule has 0 aliphatic rings. The van der Waals surface area contributed by atoms with Gasteiger partial charge >= 0.3 is 0 Å². The first-order valence-corrected chi connectivity index (χ1v) is 8.41. The Morgan fingerprint density at radius 2 is 1.77 bits per heavy atom. The van der Waals surface area contributed by atoms with E-state index in [2.05, 4.69) is 15.6 Å². The van der Waals surface area contributed by atoms with Gasteiger partial charge in [0.2, 0.25) is 0 Å². The second-order valence-corrected chi connectivity index (χ2v) is 5.47.